The number of aliphatic hydroxyl groups excluding tert-OH is 1. The SMILES string of the molecule is OCC[NH+]1CC[NH+](CCCN2c3ccccc3Sc3cccnc32)CC1.[Cl-].[Cl-]. The van der Waals surface area contributed by atoms with E-state index in [4.69, 9.17) is 5.11 Å². The van der Waals surface area contributed by atoms with Crippen molar-refractivity contribution in [2.75, 3.05) is 57.3 Å². The summed E-state index contributed by atoms with van der Waals surface area (Å²) in [5.41, 5.74) is 1.29. The van der Waals surface area contributed by atoms with E-state index in [-0.39, 0.29) is 24.8 Å². The van der Waals surface area contributed by atoms with Gasteiger partial charge in [-0.3, -0.25) is 0 Å². The van der Waals surface area contributed by atoms with E-state index in [9.17, 15) is 0 Å². The summed E-state index contributed by atoms with van der Waals surface area (Å²) >= 11 is 1.82. The van der Waals surface area contributed by atoms with Crippen LogP contribution in [0, 0.1) is 0 Å². The van der Waals surface area contributed by atoms with Gasteiger partial charge in [0.25, 0.3) is 0 Å². The van der Waals surface area contributed by atoms with Gasteiger partial charge >= 0.3 is 0 Å². The highest BCUT2D eigenvalue weighted by atomic mass is 35.5. The lowest BCUT2D eigenvalue weighted by molar-refractivity contribution is -1.01. The fraction of sp³-hybridized carbons (Fsp3) is 0.450. The van der Waals surface area contributed by atoms with Crippen molar-refractivity contribution in [3.05, 3.63) is 42.6 Å². The Morgan fingerprint density at radius 1 is 0.929 bits per heavy atom. The third-order valence-electron chi connectivity index (χ3n) is 5.42. The third kappa shape index (κ3) is 5.32. The maximum atomic E-state index is 9.09. The first-order chi connectivity index (χ1) is 12.8. The van der Waals surface area contributed by atoms with E-state index in [1.54, 1.807) is 9.80 Å². The van der Waals surface area contributed by atoms with Gasteiger partial charge in [0.1, 0.15) is 38.5 Å². The van der Waals surface area contributed by atoms with Crippen LogP contribution >= 0.6 is 11.8 Å². The summed E-state index contributed by atoms with van der Waals surface area (Å²) in [5, 5.41) is 9.09. The molecular weight excluding hydrogens is 415 g/mol. The van der Waals surface area contributed by atoms with E-state index in [1.807, 2.05) is 24.0 Å². The van der Waals surface area contributed by atoms with Gasteiger partial charge in [-0.2, -0.15) is 0 Å². The molecule has 0 bridgehead atoms. The predicted octanol–water partition coefficient (Wildman–Crippen LogP) is -6.14. The number of nitrogens with zero attached hydrogens (tertiary/aromatic N) is 2. The van der Waals surface area contributed by atoms with Crippen LogP contribution in [0.3, 0.4) is 0 Å². The average molecular weight is 443 g/mol. The molecule has 1 saturated heterocycles. The van der Waals surface area contributed by atoms with Crippen molar-refractivity contribution in [2.24, 2.45) is 0 Å². The summed E-state index contributed by atoms with van der Waals surface area (Å²) in [6, 6.07) is 12.8. The zero-order valence-electron chi connectivity index (χ0n) is 15.9. The molecule has 8 heteroatoms. The molecule has 154 valence electrons. The standard InChI is InChI=1S/C20H26N4OS.2ClH/c25-16-15-23-13-11-22(12-14-23)9-4-10-24-17-5-1-2-6-18(17)26-19-7-3-8-21-20(19)24;;/h1-3,5-8,25H,4,9-16H2;2*1H. The second-order valence-corrected chi connectivity index (χ2v) is 8.21. The zero-order valence-corrected chi connectivity index (χ0v) is 18.2. The molecule has 0 amide bonds. The first-order valence-corrected chi connectivity index (χ1v) is 10.4. The smallest absolute Gasteiger partial charge is 0.147 e. The molecule has 3 N–H and O–H groups in total. The second kappa shape index (κ2) is 11.2. The third-order valence-corrected chi connectivity index (χ3v) is 6.53. The maximum absolute atomic E-state index is 9.09. The number of anilines is 2. The Morgan fingerprint density at radius 2 is 1.61 bits per heavy atom. The molecule has 1 aromatic heterocycles. The summed E-state index contributed by atoms with van der Waals surface area (Å²) in [7, 11) is 0. The molecule has 28 heavy (non-hydrogen) atoms. The van der Waals surface area contributed by atoms with Gasteiger partial charge < -0.3 is 44.6 Å². The lowest BCUT2D eigenvalue weighted by Gasteiger charge is -2.33. The van der Waals surface area contributed by atoms with E-state index < -0.39 is 0 Å². The number of rotatable bonds is 6. The van der Waals surface area contributed by atoms with Crippen LogP contribution in [-0.4, -0.2) is 62.5 Å². The molecule has 3 heterocycles. The monoisotopic (exact) mass is 442 g/mol. The Kier molecular flexibility index (Phi) is 9.34. The number of hydrogen-bond acceptors (Lipinski definition) is 4. The van der Waals surface area contributed by atoms with Crippen molar-refractivity contribution in [3.63, 3.8) is 0 Å². The number of nitrogens with one attached hydrogen (secondary N) is 2. The van der Waals surface area contributed by atoms with Crippen molar-refractivity contribution in [1.29, 1.82) is 0 Å². The highest BCUT2D eigenvalue weighted by molar-refractivity contribution is 7.99. The molecule has 0 saturated carbocycles. The van der Waals surface area contributed by atoms with Gasteiger partial charge in [-0.1, -0.05) is 23.9 Å². The Balaban J connectivity index is 0.00000140. The lowest BCUT2D eigenvalue weighted by atomic mass is 10.2. The highest BCUT2D eigenvalue weighted by Crippen LogP contribution is 2.46. The molecule has 5 nitrogen and oxygen atoms in total. The molecule has 0 spiro atoms. The largest absolute Gasteiger partial charge is 1.00 e. The number of halogens is 2. The fourth-order valence-electron chi connectivity index (χ4n) is 3.99. The summed E-state index contributed by atoms with van der Waals surface area (Å²) in [6.45, 7) is 8.24. The highest BCUT2D eigenvalue weighted by Gasteiger charge is 2.25. The fourth-order valence-corrected chi connectivity index (χ4v) is 5.06. The Labute approximate surface area is 183 Å². The van der Waals surface area contributed by atoms with Crippen molar-refractivity contribution >= 4 is 23.3 Å². The molecule has 2 aromatic rings. The average Bonchev–Trinajstić information content (AvgIpc) is 2.69. The second-order valence-electron chi connectivity index (χ2n) is 7.12. The molecule has 4 rings (SSSR count). The zero-order chi connectivity index (χ0) is 17.8. The number of pyridine rings is 1. The van der Waals surface area contributed by atoms with E-state index in [1.165, 1.54) is 54.6 Å². The molecule has 0 aliphatic carbocycles. The van der Waals surface area contributed by atoms with E-state index in [0.29, 0.717) is 6.61 Å². The molecular formula is C20H28Cl2N4OS. The van der Waals surface area contributed by atoms with Crippen LogP contribution in [0.5, 0.6) is 0 Å². The first kappa shape index (κ1) is 23.3. The lowest BCUT2D eigenvalue weighted by Crippen LogP contribution is -3.28. The number of aromatic nitrogens is 1. The van der Waals surface area contributed by atoms with E-state index >= 15 is 0 Å². The van der Waals surface area contributed by atoms with Crippen LogP contribution in [0.1, 0.15) is 6.42 Å². The molecule has 0 radical (unpaired) electrons. The van der Waals surface area contributed by atoms with Crippen LogP contribution in [0.15, 0.2) is 52.4 Å². The summed E-state index contributed by atoms with van der Waals surface area (Å²) in [5.74, 6) is 1.10. The molecule has 1 aromatic carbocycles. The minimum atomic E-state index is 0. The topological polar surface area (TPSA) is 45.2 Å². The normalized spacial score (nSPS) is 20.4. The number of aliphatic hydroxyl groups is 1. The Bertz CT molecular complexity index is 698. The van der Waals surface area contributed by atoms with Crippen LogP contribution in [0.25, 0.3) is 0 Å². The van der Waals surface area contributed by atoms with Crippen molar-refractivity contribution in [3.8, 4) is 0 Å². The summed E-state index contributed by atoms with van der Waals surface area (Å²) in [4.78, 5) is 12.9. The van der Waals surface area contributed by atoms with Crippen molar-refractivity contribution < 1.29 is 39.7 Å². The van der Waals surface area contributed by atoms with Gasteiger partial charge in [0.05, 0.1) is 23.7 Å². The number of para-hydroxylation sites is 1. The summed E-state index contributed by atoms with van der Waals surface area (Å²) in [6.07, 6.45) is 3.06. The molecule has 0 unspecified atom stereocenters. The van der Waals surface area contributed by atoms with Crippen LogP contribution < -0.4 is 39.5 Å². The Morgan fingerprint density at radius 3 is 2.36 bits per heavy atom. The molecule has 1 fully saturated rings. The molecule has 0 atom stereocenters. The number of benzene rings is 1. The minimum absolute atomic E-state index is 0. The molecule has 2 aliphatic rings. The van der Waals surface area contributed by atoms with Crippen LogP contribution in [-0.2, 0) is 0 Å². The number of fused-ring (bicyclic) bond motifs is 2. The van der Waals surface area contributed by atoms with Gasteiger partial charge in [-0.05, 0) is 24.3 Å². The van der Waals surface area contributed by atoms with E-state index in [2.05, 4.69) is 40.2 Å². The molecule has 2 aliphatic heterocycles. The van der Waals surface area contributed by atoms with Crippen molar-refractivity contribution in [2.45, 2.75) is 16.2 Å². The minimum Gasteiger partial charge on any atom is -1.00 e. The van der Waals surface area contributed by atoms with Gasteiger partial charge in [0.2, 0.25) is 0 Å². The predicted molar refractivity (Wildman–Crippen MR) is 105 cm³/mol. The Hall–Kier alpha value is -1.02. The maximum Gasteiger partial charge on any atom is 0.147 e. The quantitative estimate of drug-likeness (QED) is 0.416. The van der Waals surface area contributed by atoms with Crippen LogP contribution in [0.4, 0.5) is 11.5 Å². The number of hydrogen-bond donors (Lipinski definition) is 3. The van der Waals surface area contributed by atoms with Gasteiger partial charge in [-0.15, -0.1) is 0 Å². The first-order valence-electron chi connectivity index (χ1n) is 9.62. The van der Waals surface area contributed by atoms with Crippen LogP contribution in [0.2, 0.25) is 0 Å². The number of piperazine rings is 1. The number of quaternary nitrogens is 2. The van der Waals surface area contributed by atoms with Gasteiger partial charge in [-0.25, -0.2) is 4.98 Å². The van der Waals surface area contributed by atoms with Crippen molar-refractivity contribution in [1.82, 2.24) is 4.98 Å². The van der Waals surface area contributed by atoms with E-state index in [0.717, 1.165) is 18.9 Å². The van der Waals surface area contributed by atoms with Gasteiger partial charge in [0.15, 0.2) is 0 Å². The van der Waals surface area contributed by atoms with Gasteiger partial charge in [0, 0.05) is 24.1 Å². The summed E-state index contributed by atoms with van der Waals surface area (Å²) < 4.78 is 0.